The first-order chi connectivity index (χ1) is 20.3. The smallest absolute Gasteiger partial charge is 0.238 e. The fourth-order valence-corrected chi connectivity index (χ4v) is 4.85. The van der Waals surface area contributed by atoms with E-state index in [0.717, 1.165) is 24.3 Å². The number of benzene rings is 2. The molecule has 43 heavy (non-hydrogen) atoms. The highest BCUT2D eigenvalue weighted by Crippen LogP contribution is 2.39. The quantitative estimate of drug-likeness (QED) is 0.149. The Morgan fingerprint density at radius 2 is 1.44 bits per heavy atom. The molecule has 10 atom stereocenters. The van der Waals surface area contributed by atoms with Crippen LogP contribution in [0.25, 0.3) is 22.3 Å². The number of phenols is 3. The Labute approximate surface area is 241 Å². The van der Waals surface area contributed by atoms with Gasteiger partial charge in [-0.05, 0) is 25.1 Å². The Hall–Kier alpha value is -3.71. The first-order valence-corrected chi connectivity index (χ1v) is 13.0. The van der Waals surface area contributed by atoms with Gasteiger partial charge >= 0.3 is 0 Å². The maximum Gasteiger partial charge on any atom is 0.238 e. The molecular formula is C27H30O16. The topological polar surface area (TPSA) is 269 Å². The molecule has 2 saturated heterocycles. The summed E-state index contributed by atoms with van der Waals surface area (Å²) in [4.78, 5) is 12.6. The average molecular weight is 611 g/mol. The van der Waals surface area contributed by atoms with E-state index in [1.165, 1.54) is 13.0 Å². The number of aliphatic hydroxyl groups excluding tert-OH is 6. The Bertz CT molecular complexity index is 1540. The molecule has 2 aromatic carbocycles. The zero-order valence-electron chi connectivity index (χ0n) is 22.3. The lowest BCUT2D eigenvalue weighted by atomic mass is 9.98. The van der Waals surface area contributed by atoms with Gasteiger partial charge in [-0.2, -0.15) is 0 Å². The van der Waals surface area contributed by atoms with E-state index in [1.54, 1.807) is 0 Å². The lowest BCUT2D eigenvalue weighted by Crippen LogP contribution is -2.61. The second-order valence-corrected chi connectivity index (χ2v) is 10.3. The van der Waals surface area contributed by atoms with Crippen LogP contribution in [0.4, 0.5) is 0 Å². The number of hydrogen-bond acceptors (Lipinski definition) is 16. The largest absolute Gasteiger partial charge is 0.508 e. The van der Waals surface area contributed by atoms with E-state index in [4.69, 9.17) is 23.4 Å². The van der Waals surface area contributed by atoms with Gasteiger partial charge in [0.15, 0.2) is 23.5 Å². The molecule has 2 aliphatic rings. The maximum atomic E-state index is 12.6. The minimum atomic E-state index is -1.82. The number of rotatable bonds is 6. The van der Waals surface area contributed by atoms with Crippen LogP contribution in [-0.2, 0) is 14.2 Å². The minimum Gasteiger partial charge on any atom is -0.508 e. The van der Waals surface area contributed by atoms with E-state index in [1.807, 2.05) is 0 Å². The van der Waals surface area contributed by atoms with Gasteiger partial charge in [0.1, 0.15) is 65.2 Å². The van der Waals surface area contributed by atoms with Gasteiger partial charge in [-0.1, -0.05) is 0 Å². The Balaban J connectivity index is 1.33. The van der Waals surface area contributed by atoms with Crippen LogP contribution < -0.4 is 10.2 Å². The molecule has 5 rings (SSSR count). The molecule has 0 aliphatic carbocycles. The first-order valence-electron chi connectivity index (χ1n) is 13.0. The minimum absolute atomic E-state index is 0.0244. The molecule has 0 spiro atoms. The summed E-state index contributed by atoms with van der Waals surface area (Å²) in [7, 11) is 0. The van der Waals surface area contributed by atoms with Crippen LogP contribution in [0.15, 0.2) is 39.5 Å². The molecule has 2 aliphatic heterocycles. The molecule has 10 unspecified atom stereocenters. The molecular weight excluding hydrogens is 580 g/mol. The third-order valence-corrected chi connectivity index (χ3v) is 7.30. The second kappa shape index (κ2) is 11.8. The average Bonchev–Trinajstić information content (AvgIpc) is 2.96. The van der Waals surface area contributed by atoms with Crippen LogP contribution in [0.1, 0.15) is 6.92 Å². The van der Waals surface area contributed by atoms with E-state index < -0.39 is 102 Å². The Morgan fingerprint density at radius 3 is 2.14 bits per heavy atom. The maximum absolute atomic E-state index is 12.6. The fourth-order valence-electron chi connectivity index (χ4n) is 4.85. The van der Waals surface area contributed by atoms with Crippen molar-refractivity contribution in [3.05, 3.63) is 40.6 Å². The molecule has 16 nitrogen and oxygen atoms in total. The molecule has 0 saturated carbocycles. The third-order valence-electron chi connectivity index (χ3n) is 7.30. The summed E-state index contributed by atoms with van der Waals surface area (Å²) in [5.41, 5.74) is -1.27. The third kappa shape index (κ3) is 5.67. The first kappa shape index (κ1) is 30.7. The number of hydrogen-bond donors (Lipinski definition) is 10. The molecule has 3 aromatic rings. The standard InChI is InChI=1S/C27H30O16/c1-8-17(31)20(34)23(37)26(40-8)39-7-15-18(32)21(35)24(38)27(43-15)42-13-3-2-9(4-11(13)29)25-22(36)19(33)16-12(30)5-10(28)6-14(16)41-25/h2-6,8,15,17-18,20-21,23-24,26-32,34-38H,7H2,1H3. The van der Waals surface area contributed by atoms with Crippen molar-refractivity contribution in [2.75, 3.05) is 6.61 Å². The summed E-state index contributed by atoms with van der Waals surface area (Å²) in [6.07, 6.45) is -15.3. The van der Waals surface area contributed by atoms with Crippen molar-refractivity contribution in [3.8, 4) is 40.1 Å². The molecule has 1 aromatic heterocycles. The molecule has 234 valence electrons. The summed E-state index contributed by atoms with van der Waals surface area (Å²) in [6, 6.07) is 5.39. The van der Waals surface area contributed by atoms with Gasteiger partial charge in [-0.25, -0.2) is 0 Å². The van der Waals surface area contributed by atoms with E-state index >= 15 is 0 Å². The van der Waals surface area contributed by atoms with Crippen molar-refractivity contribution >= 4 is 11.0 Å². The van der Waals surface area contributed by atoms with Gasteiger partial charge in [0, 0.05) is 17.7 Å². The Morgan fingerprint density at radius 1 is 0.767 bits per heavy atom. The summed E-state index contributed by atoms with van der Waals surface area (Å²) in [6.45, 7) is 0.910. The monoisotopic (exact) mass is 610 g/mol. The van der Waals surface area contributed by atoms with Crippen LogP contribution in [0.5, 0.6) is 28.7 Å². The molecule has 2 fully saturated rings. The summed E-state index contributed by atoms with van der Waals surface area (Å²) >= 11 is 0. The molecule has 16 heteroatoms. The van der Waals surface area contributed by atoms with Crippen LogP contribution in [0, 0.1) is 0 Å². The molecule has 0 amide bonds. The number of aliphatic hydroxyl groups is 6. The highest BCUT2D eigenvalue weighted by molar-refractivity contribution is 5.88. The lowest BCUT2D eigenvalue weighted by molar-refractivity contribution is -0.318. The summed E-state index contributed by atoms with van der Waals surface area (Å²) in [5.74, 6) is -3.22. The van der Waals surface area contributed by atoms with Crippen LogP contribution >= 0.6 is 0 Å². The Kier molecular flexibility index (Phi) is 8.41. The highest BCUT2D eigenvalue weighted by atomic mass is 16.7. The molecule has 0 radical (unpaired) electrons. The van der Waals surface area contributed by atoms with Crippen LogP contribution in [0.2, 0.25) is 0 Å². The van der Waals surface area contributed by atoms with Crippen LogP contribution in [-0.4, -0.2) is 119 Å². The summed E-state index contributed by atoms with van der Waals surface area (Å²) in [5, 5.41) is 102. The molecule has 0 bridgehead atoms. The van der Waals surface area contributed by atoms with E-state index in [0.29, 0.717) is 0 Å². The van der Waals surface area contributed by atoms with Gasteiger partial charge in [-0.3, -0.25) is 4.79 Å². The van der Waals surface area contributed by atoms with E-state index in [-0.39, 0.29) is 22.3 Å². The SMILES string of the molecule is CC1OC(OCC2OC(Oc3ccc(-c4oc5cc(O)cc(O)c5c(=O)c4O)cc3O)C(O)C(O)C2O)C(O)C(O)C1O. The number of aromatic hydroxyl groups is 4. The van der Waals surface area contributed by atoms with Crippen molar-refractivity contribution in [1.82, 2.24) is 0 Å². The zero-order chi connectivity index (χ0) is 31.3. The normalized spacial score (nSPS) is 33.0. The second-order valence-electron chi connectivity index (χ2n) is 10.3. The van der Waals surface area contributed by atoms with Gasteiger partial charge < -0.3 is 74.4 Å². The molecule has 3 heterocycles. The van der Waals surface area contributed by atoms with Crippen molar-refractivity contribution in [2.45, 2.75) is 68.3 Å². The van der Waals surface area contributed by atoms with Crippen LogP contribution in [0.3, 0.4) is 0 Å². The lowest BCUT2D eigenvalue weighted by Gasteiger charge is -2.42. The number of ether oxygens (including phenoxy) is 4. The fraction of sp³-hybridized carbons (Fsp3) is 0.444. The number of fused-ring (bicyclic) bond motifs is 1. The van der Waals surface area contributed by atoms with Crippen molar-refractivity contribution in [3.63, 3.8) is 0 Å². The van der Waals surface area contributed by atoms with Crippen molar-refractivity contribution in [2.24, 2.45) is 0 Å². The van der Waals surface area contributed by atoms with Crippen molar-refractivity contribution < 1.29 is 74.4 Å². The predicted molar refractivity (Wildman–Crippen MR) is 140 cm³/mol. The van der Waals surface area contributed by atoms with Gasteiger partial charge in [0.2, 0.25) is 17.5 Å². The van der Waals surface area contributed by atoms with Crippen molar-refractivity contribution in [1.29, 1.82) is 0 Å². The molecule has 10 N–H and O–H groups in total. The van der Waals surface area contributed by atoms with Gasteiger partial charge in [0.25, 0.3) is 0 Å². The van der Waals surface area contributed by atoms with Gasteiger partial charge in [0.05, 0.1) is 12.7 Å². The van der Waals surface area contributed by atoms with E-state index in [2.05, 4.69) is 0 Å². The highest BCUT2D eigenvalue weighted by Gasteiger charge is 2.47. The van der Waals surface area contributed by atoms with E-state index in [9.17, 15) is 55.9 Å². The number of phenolic OH excluding ortho intramolecular Hbond substituents is 3. The summed E-state index contributed by atoms with van der Waals surface area (Å²) < 4.78 is 27.3. The van der Waals surface area contributed by atoms with Gasteiger partial charge in [-0.15, -0.1) is 0 Å². The predicted octanol–water partition coefficient (Wildman–Crippen LogP) is -1.69. The zero-order valence-corrected chi connectivity index (χ0v) is 22.3.